The maximum absolute atomic E-state index is 11.8. The smallest absolute Gasteiger partial charge is 0.141 e. The highest BCUT2D eigenvalue weighted by Crippen LogP contribution is 2.28. The number of aryl methyl sites for hydroxylation is 2. The van der Waals surface area contributed by atoms with Crippen LogP contribution in [-0.4, -0.2) is 15.8 Å². The molecule has 1 aliphatic carbocycles. The second-order valence-electron chi connectivity index (χ2n) is 4.25. The fraction of sp³-hybridized carbons (Fsp3) is 0.583. The number of carbonyl (C=O) groups is 1. The Morgan fingerprint density at radius 1 is 1.27 bits per heavy atom. The third-order valence-electron chi connectivity index (χ3n) is 2.90. The van der Waals surface area contributed by atoms with Crippen LogP contribution in [-0.2, 0) is 4.79 Å². The van der Waals surface area contributed by atoms with Gasteiger partial charge in [-0.05, 0) is 32.8 Å². The SMILES string of the molecule is Cc1cc(C2CCCCC2=O)nc(C)n1. The van der Waals surface area contributed by atoms with Crippen molar-refractivity contribution in [2.24, 2.45) is 0 Å². The molecule has 2 rings (SSSR count). The molecule has 1 fully saturated rings. The van der Waals surface area contributed by atoms with Crippen LogP contribution in [0.3, 0.4) is 0 Å². The molecule has 0 radical (unpaired) electrons. The summed E-state index contributed by atoms with van der Waals surface area (Å²) in [6.45, 7) is 3.83. The third-order valence-corrected chi connectivity index (χ3v) is 2.90. The molecule has 0 aromatic carbocycles. The molecular weight excluding hydrogens is 188 g/mol. The van der Waals surface area contributed by atoms with Gasteiger partial charge >= 0.3 is 0 Å². The Hall–Kier alpha value is -1.25. The minimum Gasteiger partial charge on any atom is -0.299 e. The van der Waals surface area contributed by atoms with Gasteiger partial charge < -0.3 is 0 Å². The molecule has 1 aromatic rings. The van der Waals surface area contributed by atoms with E-state index in [9.17, 15) is 4.79 Å². The summed E-state index contributed by atoms with van der Waals surface area (Å²) in [6, 6.07) is 1.95. The number of aromatic nitrogens is 2. The molecule has 0 saturated heterocycles. The molecule has 3 heteroatoms. The molecule has 0 amide bonds. The average molecular weight is 204 g/mol. The molecule has 15 heavy (non-hydrogen) atoms. The van der Waals surface area contributed by atoms with Gasteiger partial charge in [-0.2, -0.15) is 0 Å². The normalized spacial score (nSPS) is 21.7. The van der Waals surface area contributed by atoms with Gasteiger partial charge in [0.25, 0.3) is 0 Å². The number of hydrogen-bond donors (Lipinski definition) is 0. The van der Waals surface area contributed by atoms with Gasteiger partial charge in [-0.25, -0.2) is 9.97 Å². The van der Waals surface area contributed by atoms with E-state index in [1.807, 2.05) is 19.9 Å². The van der Waals surface area contributed by atoms with Gasteiger partial charge in [0.1, 0.15) is 11.6 Å². The molecule has 0 spiro atoms. The highest BCUT2D eigenvalue weighted by Gasteiger charge is 2.25. The van der Waals surface area contributed by atoms with E-state index in [0.29, 0.717) is 12.2 Å². The van der Waals surface area contributed by atoms with Crippen LogP contribution in [0.25, 0.3) is 0 Å². The van der Waals surface area contributed by atoms with E-state index < -0.39 is 0 Å². The minimum atomic E-state index is 0.0270. The number of carbonyl (C=O) groups excluding carboxylic acids is 1. The zero-order valence-electron chi connectivity index (χ0n) is 9.29. The van der Waals surface area contributed by atoms with Crippen molar-refractivity contribution in [2.75, 3.05) is 0 Å². The van der Waals surface area contributed by atoms with Crippen molar-refractivity contribution in [3.05, 3.63) is 23.3 Å². The average Bonchev–Trinajstić information content (AvgIpc) is 2.16. The predicted octanol–water partition coefficient (Wildman–Crippen LogP) is 2.32. The molecule has 0 bridgehead atoms. The summed E-state index contributed by atoms with van der Waals surface area (Å²) >= 11 is 0. The van der Waals surface area contributed by atoms with Gasteiger partial charge in [0.15, 0.2) is 0 Å². The van der Waals surface area contributed by atoms with Crippen molar-refractivity contribution in [3.63, 3.8) is 0 Å². The molecule has 1 atom stereocenters. The highest BCUT2D eigenvalue weighted by molar-refractivity contribution is 5.85. The topological polar surface area (TPSA) is 42.9 Å². The van der Waals surface area contributed by atoms with Gasteiger partial charge in [0, 0.05) is 12.1 Å². The molecule has 1 heterocycles. The van der Waals surface area contributed by atoms with E-state index in [-0.39, 0.29) is 5.92 Å². The Kier molecular flexibility index (Phi) is 2.80. The zero-order valence-corrected chi connectivity index (χ0v) is 9.29. The Morgan fingerprint density at radius 3 is 2.73 bits per heavy atom. The van der Waals surface area contributed by atoms with Crippen LogP contribution in [0.1, 0.15) is 48.8 Å². The maximum atomic E-state index is 11.8. The van der Waals surface area contributed by atoms with Crippen molar-refractivity contribution in [3.8, 4) is 0 Å². The first-order valence-corrected chi connectivity index (χ1v) is 5.52. The fourth-order valence-electron chi connectivity index (χ4n) is 2.22. The lowest BCUT2D eigenvalue weighted by Crippen LogP contribution is -2.18. The Balaban J connectivity index is 2.31. The molecular formula is C12H16N2O. The summed E-state index contributed by atoms with van der Waals surface area (Å²) in [5, 5.41) is 0. The summed E-state index contributed by atoms with van der Waals surface area (Å²) in [4.78, 5) is 20.4. The van der Waals surface area contributed by atoms with Crippen LogP contribution in [0, 0.1) is 13.8 Å². The number of ketones is 1. The maximum Gasteiger partial charge on any atom is 0.141 e. The molecule has 0 aliphatic heterocycles. The molecule has 1 aromatic heterocycles. The van der Waals surface area contributed by atoms with Crippen LogP contribution >= 0.6 is 0 Å². The number of nitrogens with zero attached hydrogens (tertiary/aromatic N) is 2. The van der Waals surface area contributed by atoms with Crippen molar-refractivity contribution in [1.82, 2.24) is 9.97 Å². The van der Waals surface area contributed by atoms with Crippen molar-refractivity contribution >= 4 is 5.78 Å². The number of rotatable bonds is 1. The lowest BCUT2D eigenvalue weighted by molar-refractivity contribution is -0.121. The molecule has 1 aliphatic rings. The van der Waals surface area contributed by atoms with E-state index in [4.69, 9.17) is 0 Å². The quantitative estimate of drug-likeness (QED) is 0.705. The van der Waals surface area contributed by atoms with Crippen molar-refractivity contribution in [2.45, 2.75) is 45.4 Å². The second kappa shape index (κ2) is 4.09. The van der Waals surface area contributed by atoms with Gasteiger partial charge in [0.2, 0.25) is 0 Å². The van der Waals surface area contributed by atoms with E-state index >= 15 is 0 Å². The summed E-state index contributed by atoms with van der Waals surface area (Å²) in [5.74, 6) is 1.14. The molecule has 0 N–H and O–H groups in total. The van der Waals surface area contributed by atoms with Crippen LogP contribution in [0.15, 0.2) is 6.07 Å². The Labute approximate surface area is 89.9 Å². The highest BCUT2D eigenvalue weighted by atomic mass is 16.1. The second-order valence-corrected chi connectivity index (χ2v) is 4.25. The summed E-state index contributed by atoms with van der Waals surface area (Å²) < 4.78 is 0. The van der Waals surface area contributed by atoms with Crippen LogP contribution in [0.2, 0.25) is 0 Å². The van der Waals surface area contributed by atoms with Gasteiger partial charge in [-0.15, -0.1) is 0 Å². The van der Waals surface area contributed by atoms with Gasteiger partial charge in [-0.3, -0.25) is 4.79 Å². The summed E-state index contributed by atoms with van der Waals surface area (Å²) in [6.07, 6.45) is 3.85. The first-order valence-electron chi connectivity index (χ1n) is 5.52. The van der Waals surface area contributed by atoms with Gasteiger partial charge in [-0.1, -0.05) is 6.42 Å². The Morgan fingerprint density at radius 2 is 2.07 bits per heavy atom. The first-order chi connectivity index (χ1) is 7.16. The number of Topliss-reactive ketones (excluding diaryl/α,β-unsaturated/α-hetero) is 1. The predicted molar refractivity (Wildman–Crippen MR) is 57.7 cm³/mol. The molecule has 1 saturated carbocycles. The summed E-state index contributed by atoms with van der Waals surface area (Å²) in [7, 11) is 0. The van der Waals surface area contributed by atoms with Crippen molar-refractivity contribution in [1.29, 1.82) is 0 Å². The van der Waals surface area contributed by atoms with E-state index in [1.165, 1.54) is 0 Å². The van der Waals surface area contributed by atoms with E-state index in [2.05, 4.69) is 9.97 Å². The number of hydrogen-bond acceptors (Lipinski definition) is 3. The standard InChI is InChI=1S/C12H16N2O/c1-8-7-11(14-9(2)13-8)10-5-3-4-6-12(10)15/h7,10H,3-6H2,1-2H3. The zero-order chi connectivity index (χ0) is 10.8. The van der Waals surface area contributed by atoms with Gasteiger partial charge in [0.05, 0.1) is 11.6 Å². The fourth-order valence-corrected chi connectivity index (χ4v) is 2.22. The third kappa shape index (κ3) is 2.22. The monoisotopic (exact) mass is 204 g/mol. The summed E-state index contributed by atoms with van der Waals surface area (Å²) in [5.41, 5.74) is 1.88. The van der Waals surface area contributed by atoms with Crippen LogP contribution in [0.4, 0.5) is 0 Å². The lowest BCUT2D eigenvalue weighted by atomic mass is 9.85. The lowest BCUT2D eigenvalue weighted by Gasteiger charge is -2.20. The van der Waals surface area contributed by atoms with Crippen LogP contribution in [0.5, 0.6) is 0 Å². The largest absolute Gasteiger partial charge is 0.299 e. The first kappa shape index (κ1) is 10.3. The molecule has 1 unspecified atom stereocenters. The molecule has 80 valence electrons. The minimum absolute atomic E-state index is 0.0270. The van der Waals surface area contributed by atoms with E-state index in [0.717, 1.165) is 36.5 Å². The molecule has 3 nitrogen and oxygen atoms in total. The Bertz CT molecular complexity index is 367. The van der Waals surface area contributed by atoms with Crippen molar-refractivity contribution < 1.29 is 4.79 Å². The van der Waals surface area contributed by atoms with E-state index in [1.54, 1.807) is 0 Å². The van der Waals surface area contributed by atoms with Crippen LogP contribution < -0.4 is 0 Å².